The Morgan fingerprint density at radius 1 is 1.07 bits per heavy atom. The number of nitrogens with one attached hydrogen (secondary N) is 2. The van der Waals surface area contributed by atoms with Crippen molar-refractivity contribution in [3.05, 3.63) is 52.6 Å². The summed E-state index contributed by atoms with van der Waals surface area (Å²) in [7, 11) is -0.550. The van der Waals surface area contributed by atoms with Gasteiger partial charge in [-0.25, -0.2) is 12.7 Å². The fourth-order valence-corrected chi connectivity index (χ4v) is 3.94. The molecule has 0 atom stereocenters. The number of nitrogens with zero attached hydrogens (tertiary/aromatic N) is 1. The summed E-state index contributed by atoms with van der Waals surface area (Å²) >= 11 is 0. The monoisotopic (exact) mass is 403 g/mol. The zero-order valence-electron chi connectivity index (χ0n) is 17.4. The SMILES string of the molecule is CCc1cccc(C)c1NC(=O)CNc1cc(S(=O)(=O)N(C)C)cc(C)c1C. The Kier molecular flexibility index (Phi) is 6.85. The Hall–Kier alpha value is -2.38. The van der Waals surface area contributed by atoms with Gasteiger partial charge in [0.15, 0.2) is 0 Å². The average Bonchev–Trinajstić information content (AvgIpc) is 2.64. The average molecular weight is 404 g/mol. The summed E-state index contributed by atoms with van der Waals surface area (Å²) in [5, 5.41) is 6.06. The highest BCUT2D eigenvalue weighted by molar-refractivity contribution is 7.89. The van der Waals surface area contributed by atoms with Gasteiger partial charge in [-0.15, -0.1) is 0 Å². The van der Waals surface area contributed by atoms with Crippen LogP contribution in [0, 0.1) is 20.8 Å². The highest BCUT2D eigenvalue weighted by Gasteiger charge is 2.19. The molecule has 0 bridgehead atoms. The van der Waals surface area contributed by atoms with Gasteiger partial charge in [0, 0.05) is 25.5 Å². The van der Waals surface area contributed by atoms with Crippen LogP contribution in [0.4, 0.5) is 11.4 Å². The van der Waals surface area contributed by atoms with Crippen LogP contribution < -0.4 is 10.6 Å². The molecule has 0 aliphatic carbocycles. The van der Waals surface area contributed by atoms with Gasteiger partial charge < -0.3 is 10.6 Å². The molecular weight excluding hydrogens is 374 g/mol. The lowest BCUT2D eigenvalue weighted by molar-refractivity contribution is -0.114. The number of hydrogen-bond donors (Lipinski definition) is 2. The molecular formula is C21H29N3O3S. The standard InChI is InChI=1S/C21H29N3O3S/c1-7-17-10-8-9-14(2)21(17)23-20(25)13-22-19-12-18(11-15(3)16(19)4)28(26,27)24(5)6/h8-12,22H,7,13H2,1-6H3,(H,23,25). The predicted molar refractivity (Wildman–Crippen MR) is 114 cm³/mol. The van der Waals surface area contributed by atoms with E-state index in [4.69, 9.17) is 0 Å². The first kappa shape index (κ1) is 21.9. The van der Waals surface area contributed by atoms with Crippen molar-refractivity contribution >= 4 is 27.3 Å². The Morgan fingerprint density at radius 3 is 2.36 bits per heavy atom. The third-order valence-corrected chi connectivity index (χ3v) is 6.66. The Morgan fingerprint density at radius 2 is 1.75 bits per heavy atom. The van der Waals surface area contributed by atoms with E-state index in [2.05, 4.69) is 10.6 Å². The van der Waals surface area contributed by atoms with E-state index in [1.54, 1.807) is 12.1 Å². The highest BCUT2D eigenvalue weighted by Crippen LogP contribution is 2.26. The van der Waals surface area contributed by atoms with Gasteiger partial charge in [-0.3, -0.25) is 4.79 Å². The number of amides is 1. The van der Waals surface area contributed by atoms with Gasteiger partial charge in [-0.05, 0) is 61.6 Å². The van der Waals surface area contributed by atoms with E-state index in [0.717, 1.165) is 34.4 Å². The zero-order chi connectivity index (χ0) is 21.1. The third kappa shape index (κ3) is 4.72. The van der Waals surface area contributed by atoms with Crippen molar-refractivity contribution < 1.29 is 13.2 Å². The van der Waals surface area contributed by atoms with E-state index in [1.807, 2.05) is 45.9 Å². The van der Waals surface area contributed by atoms with Crippen LogP contribution in [0.1, 0.15) is 29.2 Å². The lowest BCUT2D eigenvalue weighted by Crippen LogP contribution is -2.24. The molecule has 0 saturated carbocycles. The molecule has 0 heterocycles. The van der Waals surface area contributed by atoms with Gasteiger partial charge in [-0.2, -0.15) is 0 Å². The summed E-state index contributed by atoms with van der Waals surface area (Å²) in [6, 6.07) is 9.17. The van der Waals surface area contributed by atoms with Crippen LogP contribution in [-0.4, -0.2) is 39.3 Å². The molecule has 0 aliphatic rings. The quantitative estimate of drug-likeness (QED) is 0.742. The van der Waals surface area contributed by atoms with E-state index in [0.29, 0.717) is 5.69 Å². The largest absolute Gasteiger partial charge is 0.376 e. The molecule has 1 amide bonds. The van der Waals surface area contributed by atoms with Crippen LogP contribution in [0.2, 0.25) is 0 Å². The van der Waals surface area contributed by atoms with Crippen molar-refractivity contribution in [2.24, 2.45) is 0 Å². The maximum atomic E-state index is 12.5. The summed E-state index contributed by atoms with van der Waals surface area (Å²) in [5.74, 6) is -0.179. The Balaban J connectivity index is 2.21. The van der Waals surface area contributed by atoms with E-state index >= 15 is 0 Å². The predicted octanol–water partition coefficient (Wildman–Crippen LogP) is 3.48. The number of anilines is 2. The van der Waals surface area contributed by atoms with Crippen molar-refractivity contribution in [2.45, 2.75) is 39.0 Å². The first-order valence-electron chi connectivity index (χ1n) is 9.24. The number of aryl methyl sites for hydroxylation is 3. The second kappa shape index (κ2) is 8.75. The van der Waals surface area contributed by atoms with E-state index in [1.165, 1.54) is 18.4 Å². The fraction of sp³-hybridized carbons (Fsp3) is 0.381. The van der Waals surface area contributed by atoms with Crippen molar-refractivity contribution in [1.29, 1.82) is 0 Å². The molecule has 2 aromatic carbocycles. The summed E-state index contributed by atoms with van der Waals surface area (Å²) in [6.07, 6.45) is 0.827. The zero-order valence-corrected chi connectivity index (χ0v) is 18.2. The molecule has 6 nitrogen and oxygen atoms in total. The Bertz CT molecular complexity index is 983. The number of rotatable bonds is 7. The number of carbonyl (C=O) groups excluding carboxylic acids is 1. The fourth-order valence-electron chi connectivity index (χ4n) is 2.93. The number of hydrogen-bond acceptors (Lipinski definition) is 4. The molecule has 28 heavy (non-hydrogen) atoms. The van der Waals surface area contributed by atoms with Gasteiger partial charge in [-0.1, -0.05) is 25.1 Å². The number of sulfonamides is 1. The normalized spacial score (nSPS) is 11.5. The molecule has 0 saturated heterocycles. The number of benzene rings is 2. The molecule has 0 radical (unpaired) electrons. The number of carbonyl (C=O) groups is 1. The lowest BCUT2D eigenvalue weighted by Gasteiger charge is -2.17. The molecule has 0 fully saturated rings. The molecule has 0 aliphatic heterocycles. The molecule has 2 aromatic rings. The van der Waals surface area contributed by atoms with Crippen molar-refractivity contribution in [3.63, 3.8) is 0 Å². The minimum atomic E-state index is -3.55. The molecule has 0 spiro atoms. The first-order chi connectivity index (χ1) is 13.1. The van der Waals surface area contributed by atoms with Crippen LogP contribution in [-0.2, 0) is 21.2 Å². The molecule has 152 valence electrons. The molecule has 2 N–H and O–H groups in total. The van der Waals surface area contributed by atoms with Crippen LogP contribution in [0.3, 0.4) is 0 Å². The van der Waals surface area contributed by atoms with Gasteiger partial charge in [0.1, 0.15) is 0 Å². The van der Waals surface area contributed by atoms with Crippen LogP contribution in [0.15, 0.2) is 35.2 Å². The van der Waals surface area contributed by atoms with Gasteiger partial charge in [0.25, 0.3) is 0 Å². The number of para-hydroxylation sites is 1. The Labute approximate surface area is 168 Å². The molecule has 7 heteroatoms. The molecule has 0 aromatic heterocycles. The minimum Gasteiger partial charge on any atom is -0.376 e. The smallest absolute Gasteiger partial charge is 0.243 e. The topological polar surface area (TPSA) is 78.5 Å². The summed E-state index contributed by atoms with van der Waals surface area (Å²) in [5.41, 5.74) is 5.33. The van der Waals surface area contributed by atoms with Crippen LogP contribution in [0.25, 0.3) is 0 Å². The maximum Gasteiger partial charge on any atom is 0.243 e. The lowest BCUT2D eigenvalue weighted by atomic mass is 10.1. The summed E-state index contributed by atoms with van der Waals surface area (Å²) < 4.78 is 26.1. The maximum absolute atomic E-state index is 12.5. The summed E-state index contributed by atoms with van der Waals surface area (Å²) in [6.45, 7) is 7.81. The van der Waals surface area contributed by atoms with Crippen LogP contribution >= 0.6 is 0 Å². The van der Waals surface area contributed by atoms with Gasteiger partial charge in [0.05, 0.1) is 11.4 Å². The second-order valence-electron chi connectivity index (χ2n) is 7.06. The molecule has 2 rings (SSSR count). The molecule has 0 unspecified atom stereocenters. The first-order valence-corrected chi connectivity index (χ1v) is 10.7. The van der Waals surface area contributed by atoms with Crippen molar-refractivity contribution in [1.82, 2.24) is 4.31 Å². The third-order valence-electron chi connectivity index (χ3n) is 4.86. The van der Waals surface area contributed by atoms with E-state index < -0.39 is 10.0 Å². The van der Waals surface area contributed by atoms with Crippen molar-refractivity contribution in [3.8, 4) is 0 Å². The van der Waals surface area contributed by atoms with Gasteiger partial charge >= 0.3 is 0 Å². The van der Waals surface area contributed by atoms with Crippen LogP contribution in [0.5, 0.6) is 0 Å². The second-order valence-corrected chi connectivity index (χ2v) is 9.22. The van der Waals surface area contributed by atoms with E-state index in [9.17, 15) is 13.2 Å². The van der Waals surface area contributed by atoms with Crippen molar-refractivity contribution in [2.75, 3.05) is 31.3 Å². The highest BCUT2D eigenvalue weighted by atomic mass is 32.2. The van der Waals surface area contributed by atoms with Gasteiger partial charge in [0.2, 0.25) is 15.9 Å². The summed E-state index contributed by atoms with van der Waals surface area (Å²) in [4.78, 5) is 12.7. The minimum absolute atomic E-state index is 0.0449. The van der Waals surface area contributed by atoms with E-state index in [-0.39, 0.29) is 17.3 Å².